The number of nitrogens with zero attached hydrogens (tertiary/aromatic N) is 2. The number of hydrogen-bond donors (Lipinski definition) is 2. The Labute approximate surface area is 152 Å². The Kier molecular flexibility index (Phi) is 5.02. The molecule has 0 saturated carbocycles. The first-order valence-corrected chi connectivity index (χ1v) is 7.81. The Balaban J connectivity index is 1.77. The smallest absolute Gasteiger partial charge is 0.276 e. The van der Waals surface area contributed by atoms with Crippen LogP contribution in [0.3, 0.4) is 0 Å². The summed E-state index contributed by atoms with van der Waals surface area (Å²) in [6.45, 7) is 0. The predicted molar refractivity (Wildman–Crippen MR) is 93.3 cm³/mol. The average molecular weight is 368 g/mol. The summed E-state index contributed by atoms with van der Waals surface area (Å²) in [6, 6.07) is 12.3. The second kappa shape index (κ2) is 7.56. The first-order valence-electron chi connectivity index (χ1n) is 7.81. The van der Waals surface area contributed by atoms with Gasteiger partial charge in [0, 0.05) is 11.8 Å². The fourth-order valence-corrected chi connectivity index (χ4v) is 2.41. The SMILES string of the molecule is O=C(N/N=C\[C@@H]1C(=O)NC(=O)N(c2ccccc2F)C1=O)c1ccccc1. The normalized spacial score (nSPS) is 17.1. The highest BCUT2D eigenvalue weighted by Gasteiger charge is 2.41. The molecule has 8 nitrogen and oxygen atoms in total. The van der Waals surface area contributed by atoms with Crippen LogP contribution in [0.25, 0.3) is 0 Å². The molecule has 0 aliphatic carbocycles. The van der Waals surface area contributed by atoms with Crippen molar-refractivity contribution in [2.24, 2.45) is 11.0 Å². The molecule has 1 atom stereocenters. The predicted octanol–water partition coefficient (Wildman–Crippen LogP) is 1.44. The fraction of sp³-hybridized carbons (Fsp3) is 0.0556. The molecule has 2 aromatic carbocycles. The van der Waals surface area contributed by atoms with Crippen molar-refractivity contribution < 1.29 is 23.6 Å². The standard InChI is InChI=1S/C18H13FN4O4/c19-13-8-4-5-9-14(13)23-17(26)12(16(25)21-18(23)27)10-20-22-15(24)11-6-2-1-3-7-11/h1-10,12H,(H,22,24)(H,21,25,27)/b20-10-/t12-/m1/s1. The van der Waals surface area contributed by atoms with Crippen LogP contribution in [0, 0.1) is 11.7 Å². The Hall–Kier alpha value is -3.88. The van der Waals surface area contributed by atoms with E-state index in [0.29, 0.717) is 10.5 Å². The molecule has 2 N–H and O–H groups in total. The van der Waals surface area contributed by atoms with E-state index in [0.717, 1.165) is 12.3 Å². The summed E-state index contributed by atoms with van der Waals surface area (Å²) >= 11 is 0. The van der Waals surface area contributed by atoms with Gasteiger partial charge in [-0.3, -0.25) is 19.7 Å². The molecule has 0 spiro atoms. The van der Waals surface area contributed by atoms with Crippen molar-refractivity contribution in [1.29, 1.82) is 0 Å². The van der Waals surface area contributed by atoms with Crippen LogP contribution >= 0.6 is 0 Å². The topological polar surface area (TPSA) is 108 Å². The molecule has 0 radical (unpaired) electrons. The molecule has 1 saturated heterocycles. The third-order valence-electron chi connectivity index (χ3n) is 3.72. The van der Waals surface area contributed by atoms with E-state index in [9.17, 15) is 23.6 Å². The number of carbonyl (C=O) groups excluding carboxylic acids is 4. The number of urea groups is 1. The van der Waals surface area contributed by atoms with Gasteiger partial charge in [0.25, 0.3) is 11.8 Å². The van der Waals surface area contributed by atoms with Gasteiger partial charge >= 0.3 is 6.03 Å². The number of hydrazone groups is 1. The number of amides is 5. The van der Waals surface area contributed by atoms with Gasteiger partial charge in [-0.15, -0.1) is 0 Å². The number of para-hydroxylation sites is 1. The lowest BCUT2D eigenvalue weighted by Crippen LogP contribution is -2.59. The summed E-state index contributed by atoms with van der Waals surface area (Å²) in [5, 5.41) is 5.57. The maximum atomic E-state index is 13.9. The maximum Gasteiger partial charge on any atom is 0.335 e. The quantitative estimate of drug-likeness (QED) is 0.484. The van der Waals surface area contributed by atoms with E-state index in [2.05, 4.69) is 10.5 Å². The van der Waals surface area contributed by atoms with Crippen LogP contribution in [-0.2, 0) is 9.59 Å². The van der Waals surface area contributed by atoms with E-state index in [4.69, 9.17) is 0 Å². The molecule has 1 fully saturated rings. The molecule has 1 aliphatic rings. The van der Waals surface area contributed by atoms with Gasteiger partial charge in [-0.25, -0.2) is 19.5 Å². The number of halogens is 1. The van der Waals surface area contributed by atoms with Gasteiger partial charge in [0.2, 0.25) is 5.91 Å². The molecule has 1 aliphatic heterocycles. The molecule has 5 amide bonds. The molecule has 9 heteroatoms. The van der Waals surface area contributed by atoms with Crippen LogP contribution in [0.1, 0.15) is 10.4 Å². The van der Waals surface area contributed by atoms with Crippen LogP contribution in [0.2, 0.25) is 0 Å². The summed E-state index contributed by atoms with van der Waals surface area (Å²) in [5.74, 6) is -4.75. The van der Waals surface area contributed by atoms with E-state index in [1.54, 1.807) is 30.3 Å². The molecular weight excluding hydrogens is 355 g/mol. The Morgan fingerprint density at radius 3 is 2.44 bits per heavy atom. The van der Waals surface area contributed by atoms with Gasteiger partial charge in [0.05, 0.1) is 5.69 Å². The zero-order valence-corrected chi connectivity index (χ0v) is 13.8. The highest BCUT2D eigenvalue weighted by Crippen LogP contribution is 2.23. The van der Waals surface area contributed by atoms with Gasteiger partial charge in [-0.2, -0.15) is 5.10 Å². The van der Waals surface area contributed by atoms with Crippen molar-refractivity contribution in [2.45, 2.75) is 0 Å². The molecular formula is C18H13FN4O4. The summed E-state index contributed by atoms with van der Waals surface area (Å²) in [4.78, 5) is 48.9. The average Bonchev–Trinajstić information content (AvgIpc) is 2.66. The highest BCUT2D eigenvalue weighted by molar-refractivity contribution is 6.32. The number of carbonyl (C=O) groups is 4. The van der Waals surface area contributed by atoms with Crippen molar-refractivity contribution in [3.63, 3.8) is 0 Å². The van der Waals surface area contributed by atoms with Gasteiger partial charge in [-0.05, 0) is 24.3 Å². The van der Waals surface area contributed by atoms with Gasteiger partial charge in [0.15, 0.2) is 5.92 Å². The van der Waals surface area contributed by atoms with E-state index < -0.39 is 35.5 Å². The monoisotopic (exact) mass is 368 g/mol. The second-order valence-electron chi connectivity index (χ2n) is 5.48. The van der Waals surface area contributed by atoms with E-state index in [1.807, 2.05) is 5.32 Å². The van der Waals surface area contributed by atoms with Crippen LogP contribution in [0.15, 0.2) is 59.7 Å². The lowest BCUT2D eigenvalue weighted by Gasteiger charge is -2.28. The number of hydrogen-bond acceptors (Lipinski definition) is 5. The van der Waals surface area contributed by atoms with Crippen molar-refractivity contribution in [1.82, 2.24) is 10.7 Å². The number of rotatable bonds is 4. The molecule has 0 bridgehead atoms. The molecule has 2 aromatic rings. The number of barbiturate groups is 1. The minimum Gasteiger partial charge on any atom is -0.276 e. The molecule has 3 rings (SSSR count). The summed E-state index contributed by atoms with van der Waals surface area (Å²) in [5.41, 5.74) is 2.22. The van der Waals surface area contributed by atoms with Crippen LogP contribution < -0.4 is 15.6 Å². The fourth-order valence-electron chi connectivity index (χ4n) is 2.41. The summed E-state index contributed by atoms with van der Waals surface area (Å²) in [6.07, 6.45) is 0.888. The molecule has 136 valence electrons. The van der Waals surface area contributed by atoms with Crippen molar-refractivity contribution in [3.8, 4) is 0 Å². The third-order valence-corrected chi connectivity index (χ3v) is 3.72. The summed E-state index contributed by atoms with van der Waals surface area (Å²) in [7, 11) is 0. The number of imide groups is 2. The van der Waals surface area contributed by atoms with E-state index >= 15 is 0 Å². The van der Waals surface area contributed by atoms with Crippen LogP contribution in [-0.4, -0.2) is 30.0 Å². The Morgan fingerprint density at radius 1 is 1.07 bits per heavy atom. The lowest BCUT2D eigenvalue weighted by molar-refractivity contribution is -0.131. The highest BCUT2D eigenvalue weighted by atomic mass is 19.1. The third kappa shape index (κ3) is 3.71. The molecule has 1 heterocycles. The number of nitrogens with one attached hydrogen (secondary N) is 2. The van der Waals surface area contributed by atoms with Crippen molar-refractivity contribution >= 4 is 35.7 Å². The van der Waals surface area contributed by atoms with Crippen LogP contribution in [0.5, 0.6) is 0 Å². The minimum absolute atomic E-state index is 0.292. The number of anilines is 1. The second-order valence-corrected chi connectivity index (χ2v) is 5.48. The van der Waals surface area contributed by atoms with E-state index in [-0.39, 0.29) is 5.69 Å². The van der Waals surface area contributed by atoms with Crippen LogP contribution in [0.4, 0.5) is 14.9 Å². The van der Waals surface area contributed by atoms with Gasteiger partial charge < -0.3 is 0 Å². The Morgan fingerprint density at radius 2 is 1.74 bits per heavy atom. The zero-order valence-electron chi connectivity index (χ0n) is 13.8. The molecule has 27 heavy (non-hydrogen) atoms. The molecule has 0 unspecified atom stereocenters. The lowest BCUT2D eigenvalue weighted by atomic mass is 10.1. The molecule has 0 aromatic heterocycles. The summed E-state index contributed by atoms with van der Waals surface area (Å²) < 4.78 is 13.9. The van der Waals surface area contributed by atoms with Crippen molar-refractivity contribution in [3.05, 3.63) is 66.0 Å². The van der Waals surface area contributed by atoms with Gasteiger partial charge in [-0.1, -0.05) is 30.3 Å². The maximum absolute atomic E-state index is 13.9. The minimum atomic E-state index is -1.50. The zero-order chi connectivity index (χ0) is 19.4. The Bertz CT molecular complexity index is 945. The first kappa shape index (κ1) is 17.9. The van der Waals surface area contributed by atoms with E-state index in [1.165, 1.54) is 18.2 Å². The van der Waals surface area contributed by atoms with Gasteiger partial charge in [0.1, 0.15) is 5.82 Å². The number of benzene rings is 2. The largest absolute Gasteiger partial charge is 0.335 e. The van der Waals surface area contributed by atoms with Crippen molar-refractivity contribution in [2.75, 3.05) is 4.90 Å². The first-order chi connectivity index (χ1) is 13.0.